The molecule has 32 heavy (non-hydrogen) atoms. The van der Waals surface area contributed by atoms with Crippen molar-refractivity contribution in [2.24, 2.45) is 0 Å². The second-order valence-corrected chi connectivity index (χ2v) is 9.28. The molecule has 0 saturated heterocycles. The van der Waals surface area contributed by atoms with Crippen LogP contribution in [0.1, 0.15) is 38.7 Å². The van der Waals surface area contributed by atoms with Crippen LogP contribution in [0.3, 0.4) is 0 Å². The van der Waals surface area contributed by atoms with E-state index in [1.54, 1.807) is 13.8 Å². The molecule has 11 heteroatoms. The van der Waals surface area contributed by atoms with Crippen molar-refractivity contribution in [3.63, 3.8) is 0 Å². The van der Waals surface area contributed by atoms with E-state index in [1.165, 1.54) is 12.0 Å². The van der Waals surface area contributed by atoms with Gasteiger partial charge in [-0.05, 0) is 50.5 Å². The zero-order chi connectivity index (χ0) is 23.8. The topological polar surface area (TPSA) is 103 Å². The van der Waals surface area contributed by atoms with Gasteiger partial charge in [-0.3, -0.25) is 9.36 Å². The summed E-state index contributed by atoms with van der Waals surface area (Å²) >= 11 is 5.60. The summed E-state index contributed by atoms with van der Waals surface area (Å²) in [6.45, 7) is 4.60. The van der Waals surface area contributed by atoms with Crippen LogP contribution in [-0.2, 0) is 34.5 Å². The Hall–Kier alpha value is -1.64. The third-order valence-electron chi connectivity index (χ3n) is 4.55. The fourth-order valence-electron chi connectivity index (χ4n) is 2.92. The molecule has 1 aromatic carbocycles. The molecular weight excluding hydrogens is 459 g/mol. The van der Waals surface area contributed by atoms with Gasteiger partial charge in [-0.15, -0.1) is 0 Å². The number of ether oxygens (including phenoxy) is 2. The summed E-state index contributed by atoms with van der Waals surface area (Å²) in [6, 6.07) is 8.71. The monoisotopic (exact) mass is 492 g/mol. The predicted molar refractivity (Wildman–Crippen MR) is 123 cm³/mol. The van der Waals surface area contributed by atoms with Crippen molar-refractivity contribution in [2.75, 3.05) is 39.6 Å². The molecule has 0 aliphatic rings. The van der Waals surface area contributed by atoms with Crippen LogP contribution in [0.25, 0.3) is 0 Å². The van der Waals surface area contributed by atoms with Crippen LogP contribution in [0, 0.1) is 0 Å². The number of hydrogen-bond donors (Lipinski definition) is 1. The summed E-state index contributed by atoms with van der Waals surface area (Å²) in [5.41, 5.74) is 0.865. The summed E-state index contributed by atoms with van der Waals surface area (Å²) in [4.78, 5) is 28.2. The first kappa shape index (κ1) is 28.4. The molecule has 0 unspecified atom stereocenters. The van der Waals surface area contributed by atoms with Crippen LogP contribution in [-0.4, -0.2) is 62.6 Å². The lowest BCUT2D eigenvalue weighted by Crippen LogP contribution is -2.36. The van der Waals surface area contributed by atoms with Crippen molar-refractivity contribution in [1.29, 1.82) is 0 Å². The highest BCUT2D eigenvalue weighted by Gasteiger charge is 2.27. The molecule has 0 spiro atoms. The number of amides is 1. The van der Waals surface area contributed by atoms with E-state index in [9.17, 15) is 14.2 Å². The molecule has 0 aromatic heterocycles. The number of carbonyl (C=O) groups is 2. The fraction of sp³-hybridized carbons (Fsp3) is 0.619. The second-order valence-electron chi connectivity index (χ2n) is 6.88. The number of carbonyl (C=O) groups excluding carboxylic acids is 2. The highest BCUT2D eigenvalue weighted by atomic mass is 35.5. The van der Waals surface area contributed by atoms with Crippen molar-refractivity contribution < 1.29 is 32.7 Å². The standard InChI is InChI=1S/C21H34ClN2O7P/c1-4-30-32(27,31-5-2)16-15-24(14-10-9-13-19(23-22)20(25)28-3)21(26)29-17-18-11-7-6-8-12-18/h6-8,11-12,19,23H,4-5,9-10,13-17H2,1-3H3/t19-/m1/s1. The average molecular weight is 493 g/mol. The van der Waals surface area contributed by atoms with Gasteiger partial charge in [0.15, 0.2) is 0 Å². The van der Waals surface area contributed by atoms with Gasteiger partial charge in [-0.2, -0.15) is 0 Å². The first-order valence-corrected chi connectivity index (χ1v) is 12.8. The number of unbranched alkanes of at least 4 members (excludes halogenated alkanes) is 1. The summed E-state index contributed by atoms with van der Waals surface area (Å²) in [7, 11) is -2.01. The molecule has 0 aliphatic carbocycles. The Bertz CT molecular complexity index is 713. The Morgan fingerprint density at radius 1 is 1.09 bits per heavy atom. The van der Waals surface area contributed by atoms with Crippen molar-refractivity contribution in [1.82, 2.24) is 9.74 Å². The summed E-state index contributed by atoms with van der Waals surface area (Å²) < 4.78 is 33.6. The van der Waals surface area contributed by atoms with Gasteiger partial charge in [-0.1, -0.05) is 30.3 Å². The zero-order valence-electron chi connectivity index (χ0n) is 19.0. The Kier molecular flexibility index (Phi) is 14.2. The molecule has 182 valence electrons. The lowest BCUT2D eigenvalue weighted by atomic mass is 10.1. The Labute approximate surface area is 195 Å². The molecule has 0 radical (unpaired) electrons. The number of rotatable bonds is 16. The van der Waals surface area contributed by atoms with E-state index < -0.39 is 25.7 Å². The number of methoxy groups -OCH3 is 1. The highest BCUT2D eigenvalue weighted by molar-refractivity contribution is 7.53. The molecule has 1 amide bonds. The third-order valence-corrected chi connectivity index (χ3v) is 6.86. The number of esters is 1. The number of benzene rings is 1. The van der Waals surface area contributed by atoms with Crippen LogP contribution in [0.4, 0.5) is 4.79 Å². The van der Waals surface area contributed by atoms with Gasteiger partial charge in [-0.25, -0.2) is 9.63 Å². The van der Waals surface area contributed by atoms with E-state index in [1.807, 2.05) is 30.3 Å². The van der Waals surface area contributed by atoms with Gasteiger partial charge in [0.2, 0.25) is 0 Å². The predicted octanol–water partition coefficient (Wildman–Crippen LogP) is 4.35. The number of halogens is 1. The smallest absolute Gasteiger partial charge is 0.410 e. The minimum absolute atomic E-state index is 0.0587. The van der Waals surface area contributed by atoms with E-state index in [2.05, 4.69) is 9.57 Å². The first-order chi connectivity index (χ1) is 15.4. The third kappa shape index (κ3) is 10.8. The average Bonchev–Trinajstić information content (AvgIpc) is 2.80. The van der Waals surface area contributed by atoms with E-state index >= 15 is 0 Å². The van der Waals surface area contributed by atoms with Gasteiger partial charge in [0.1, 0.15) is 12.6 Å². The van der Waals surface area contributed by atoms with E-state index in [0.717, 1.165) is 5.56 Å². The van der Waals surface area contributed by atoms with Crippen LogP contribution in [0.2, 0.25) is 0 Å². The van der Waals surface area contributed by atoms with Gasteiger partial charge >= 0.3 is 19.7 Å². The van der Waals surface area contributed by atoms with Crippen LogP contribution in [0.5, 0.6) is 0 Å². The Balaban J connectivity index is 2.70. The molecule has 1 N–H and O–H groups in total. The lowest BCUT2D eigenvalue weighted by molar-refractivity contribution is -0.142. The fourth-order valence-corrected chi connectivity index (χ4v) is 4.72. The van der Waals surface area contributed by atoms with Gasteiger partial charge < -0.3 is 23.4 Å². The molecule has 0 saturated carbocycles. The summed E-state index contributed by atoms with van der Waals surface area (Å²) in [6.07, 6.45) is 1.17. The van der Waals surface area contributed by atoms with Gasteiger partial charge in [0, 0.05) is 13.1 Å². The van der Waals surface area contributed by atoms with E-state index in [0.29, 0.717) is 25.8 Å². The van der Waals surface area contributed by atoms with Crippen LogP contribution in [0.15, 0.2) is 30.3 Å². The molecule has 9 nitrogen and oxygen atoms in total. The summed E-state index contributed by atoms with van der Waals surface area (Å²) in [5, 5.41) is 0. The molecule has 1 aromatic rings. The minimum Gasteiger partial charge on any atom is -0.468 e. The molecule has 1 rings (SSSR count). The normalized spacial score (nSPS) is 12.2. The SMILES string of the molecule is CCOP(=O)(CCN(CCCC[C@@H](NCl)C(=O)OC)C(=O)OCc1ccccc1)OCC. The van der Waals surface area contributed by atoms with Crippen LogP contribution >= 0.6 is 19.4 Å². The van der Waals surface area contributed by atoms with Gasteiger partial charge in [0.05, 0.1) is 26.5 Å². The molecular formula is C21H34ClN2O7P. The molecule has 0 aliphatic heterocycles. The van der Waals surface area contributed by atoms with Gasteiger partial charge in [0.25, 0.3) is 0 Å². The Morgan fingerprint density at radius 2 is 1.75 bits per heavy atom. The maximum absolute atomic E-state index is 12.8. The first-order valence-electron chi connectivity index (χ1n) is 10.7. The van der Waals surface area contributed by atoms with Crippen LogP contribution < -0.4 is 4.84 Å². The van der Waals surface area contributed by atoms with Crippen molar-refractivity contribution >= 4 is 31.4 Å². The van der Waals surface area contributed by atoms with Crippen molar-refractivity contribution in [2.45, 2.75) is 45.8 Å². The number of hydrogen-bond acceptors (Lipinski definition) is 8. The quantitative estimate of drug-likeness (QED) is 0.157. The van der Waals surface area contributed by atoms with E-state index in [-0.39, 0.29) is 32.5 Å². The zero-order valence-corrected chi connectivity index (χ0v) is 20.6. The summed E-state index contributed by atoms with van der Waals surface area (Å²) in [5.74, 6) is -0.450. The number of nitrogens with zero attached hydrogens (tertiary/aromatic N) is 1. The molecule has 0 heterocycles. The molecule has 0 bridgehead atoms. The van der Waals surface area contributed by atoms with E-state index in [4.69, 9.17) is 25.6 Å². The molecule has 0 fully saturated rings. The Morgan fingerprint density at radius 3 is 2.31 bits per heavy atom. The molecule has 1 atom stereocenters. The minimum atomic E-state index is -3.30. The largest absolute Gasteiger partial charge is 0.468 e. The van der Waals surface area contributed by atoms with Crippen molar-refractivity contribution in [3.8, 4) is 0 Å². The highest BCUT2D eigenvalue weighted by Crippen LogP contribution is 2.47. The maximum Gasteiger partial charge on any atom is 0.410 e. The van der Waals surface area contributed by atoms with Crippen molar-refractivity contribution in [3.05, 3.63) is 35.9 Å². The maximum atomic E-state index is 12.8. The number of nitrogens with one attached hydrogen (secondary N) is 1. The second kappa shape index (κ2) is 16.0. The lowest BCUT2D eigenvalue weighted by Gasteiger charge is -2.25.